The van der Waals surface area contributed by atoms with E-state index in [9.17, 15) is 4.79 Å². The van der Waals surface area contributed by atoms with Crippen LogP contribution in [0.15, 0.2) is 33.1 Å². The van der Waals surface area contributed by atoms with E-state index in [4.69, 9.17) is 16.1 Å². The van der Waals surface area contributed by atoms with Gasteiger partial charge in [-0.1, -0.05) is 71.9 Å². The van der Waals surface area contributed by atoms with Gasteiger partial charge in [0.2, 0.25) is 5.13 Å². The highest BCUT2D eigenvalue weighted by molar-refractivity contribution is 8.01. The Morgan fingerprint density at radius 2 is 2.08 bits per heavy atom. The number of hydrogen-bond donors (Lipinski definition) is 1. The van der Waals surface area contributed by atoms with Gasteiger partial charge in [0.25, 0.3) is 5.91 Å². The van der Waals surface area contributed by atoms with E-state index in [2.05, 4.69) is 34.5 Å². The zero-order valence-corrected chi connectivity index (χ0v) is 16.1. The summed E-state index contributed by atoms with van der Waals surface area (Å²) < 4.78 is 6.02. The Hall–Kier alpha value is -1.90. The lowest BCUT2D eigenvalue weighted by atomic mass is 10.1. The smallest absolute Gasteiger partial charge is 0.263 e. The van der Waals surface area contributed by atoms with Crippen molar-refractivity contribution in [2.75, 3.05) is 5.32 Å². The molecule has 130 valence electrons. The van der Waals surface area contributed by atoms with Crippen molar-refractivity contribution < 1.29 is 9.32 Å². The van der Waals surface area contributed by atoms with E-state index in [-0.39, 0.29) is 5.91 Å². The summed E-state index contributed by atoms with van der Waals surface area (Å²) in [4.78, 5) is 12.7. The second kappa shape index (κ2) is 7.55. The molecule has 1 aromatic carbocycles. The fraction of sp³-hybridized carbons (Fsp3) is 0.250. The van der Waals surface area contributed by atoms with Crippen LogP contribution in [0.25, 0.3) is 11.3 Å². The molecule has 0 aliphatic heterocycles. The molecule has 0 radical (unpaired) electrons. The standard InChI is InChI=1S/C16H15ClN4O2S2/c1-8(2)24-16-20-19-15(25-16)18-14(22)12-9(3)23-21-13(12)10-6-4-5-7-11(10)17/h4-8H,1-3H3,(H,18,19,22). The first-order chi connectivity index (χ1) is 12.0. The Morgan fingerprint density at radius 3 is 2.80 bits per heavy atom. The van der Waals surface area contributed by atoms with Gasteiger partial charge in [-0.3, -0.25) is 10.1 Å². The predicted molar refractivity (Wildman–Crippen MR) is 101 cm³/mol. The Labute approximate surface area is 158 Å². The summed E-state index contributed by atoms with van der Waals surface area (Å²) in [5.41, 5.74) is 1.38. The summed E-state index contributed by atoms with van der Waals surface area (Å²) in [6, 6.07) is 7.17. The first-order valence-electron chi connectivity index (χ1n) is 7.48. The molecule has 2 heterocycles. The second-order valence-corrected chi connectivity index (χ2v) is 8.64. The van der Waals surface area contributed by atoms with E-state index < -0.39 is 0 Å². The number of rotatable bonds is 5. The number of amides is 1. The molecule has 3 rings (SSSR count). The normalized spacial score (nSPS) is 11.1. The van der Waals surface area contributed by atoms with Gasteiger partial charge in [-0.15, -0.1) is 10.2 Å². The molecule has 0 bridgehead atoms. The first-order valence-corrected chi connectivity index (χ1v) is 9.55. The van der Waals surface area contributed by atoms with Gasteiger partial charge in [-0.05, 0) is 13.0 Å². The van der Waals surface area contributed by atoms with Crippen molar-refractivity contribution in [1.82, 2.24) is 15.4 Å². The van der Waals surface area contributed by atoms with Crippen LogP contribution in [0.4, 0.5) is 5.13 Å². The molecule has 0 aliphatic carbocycles. The van der Waals surface area contributed by atoms with Gasteiger partial charge in [-0.25, -0.2) is 0 Å². The summed E-state index contributed by atoms with van der Waals surface area (Å²) in [7, 11) is 0. The second-order valence-electron chi connectivity index (χ2n) is 5.44. The van der Waals surface area contributed by atoms with Crippen LogP contribution < -0.4 is 5.32 Å². The fourth-order valence-electron chi connectivity index (χ4n) is 2.15. The van der Waals surface area contributed by atoms with Gasteiger partial charge < -0.3 is 4.52 Å². The molecule has 0 fully saturated rings. The van der Waals surface area contributed by atoms with Gasteiger partial charge in [-0.2, -0.15) is 0 Å². The van der Waals surface area contributed by atoms with Crippen molar-refractivity contribution in [2.24, 2.45) is 0 Å². The number of anilines is 1. The summed E-state index contributed by atoms with van der Waals surface area (Å²) in [5.74, 6) is 0.0552. The van der Waals surface area contributed by atoms with E-state index in [0.717, 1.165) is 4.34 Å². The van der Waals surface area contributed by atoms with Crippen LogP contribution in [0.1, 0.15) is 30.0 Å². The highest BCUT2D eigenvalue weighted by atomic mass is 35.5. The Morgan fingerprint density at radius 1 is 1.32 bits per heavy atom. The third-order valence-electron chi connectivity index (χ3n) is 3.18. The molecule has 0 spiro atoms. The Kier molecular flexibility index (Phi) is 5.41. The third-order valence-corrected chi connectivity index (χ3v) is 5.44. The van der Waals surface area contributed by atoms with E-state index in [0.29, 0.717) is 38.0 Å². The molecule has 0 unspecified atom stereocenters. The largest absolute Gasteiger partial charge is 0.360 e. The minimum absolute atomic E-state index is 0.335. The molecule has 3 aromatic rings. The molecule has 25 heavy (non-hydrogen) atoms. The highest BCUT2D eigenvalue weighted by Gasteiger charge is 2.24. The van der Waals surface area contributed by atoms with Crippen LogP contribution in [-0.2, 0) is 0 Å². The lowest BCUT2D eigenvalue weighted by Crippen LogP contribution is -2.13. The molecule has 0 aliphatic rings. The maximum absolute atomic E-state index is 12.7. The molecule has 1 amide bonds. The van der Waals surface area contributed by atoms with Crippen molar-refractivity contribution in [1.29, 1.82) is 0 Å². The van der Waals surface area contributed by atoms with Crippen LogP contribution in [0.3, 0.4) is 0 Å². The van der Waals surface area contributed by atoms with Crippen LogP contribution >= 0.6 is 34.7 Å². The zero-order valence-electron chi connectivity index (χ0n) is 13.7. The lowest BCUT2D eigenvalue weighted by molar-refractivity contribution is 0.102. The van der Waals surface area contributed by atoms with Gasteiger partial charge >= 0.3 is 0 Å². The fourth-order valence-corrected chi connectivity index (χ4v) is 4.34. The molecule has 6 nitrogen and oxygen atoms in total. The van der Waals surface area contributed by atoms with Gasteiger partial charge in [0.15, 0.2) is 4.34 Å². The molecule has 0 saturated heterocycles. The number of hydrogen-bond acceptors (Lipinski definition) is 7. The van der Waals surface area contributed by atoms with Crippen molar-refractivity contribution in [3.8, 4) is 11.3 Å². The van der Waals surface area contributed by atoms with Crippen LogP contribution in [-0.4, -0.2) is 26.5 Å². The van der Waals surface area contributed by atoms with E-state index in [1.807, 2.05) is 12.1 Å². The van der Waals surface area contributed by atoms with Gasteiger partial charge in [0.1, 0.15) is 17.0 Å². The number of benzene rings is 1. The average molecular weight is 395 g/mol. The Bertz CT molecular complexity index is 907. The van der Waals surface area contributed by atoms with Crippen LogP contribution in [0.2, 0.25) is 5.02 Å². The SMILES string of the molecule is Cc1onc(-c2ccccc2Cl)c1C(=O)Nc1nnc(SC(C)C)s1. The molecular formula is C16H15ClN4O2S2. The molecule has 0 atom stereocenters. The summed E-state index contributed by atoms with van der Waals surface area (Å²) in [6.45, 7) is 5.82. The highest BCUT2D eigenvalue weighted by Crippen LogP contribution is 2.32. The van der Waals surface area contributed by atoms with Gasteiger partial charge in [0.05, 0.1) is 5.02 Å². The number of nitrogens with zero attached hydrogens (tertiary/aromatic N) is 3. The van der Waals surface area contributed by atoms with E-state index >= 15 is 0 Å². The summed E-state index contributed by atoms with van der Waals surface area (Å²) in [6.07, 6.45) is 0. The van der Waals surface area contributed by atoms with E-state index in [1.165, 1.54) is 11.3 Å². The maximum Gasteiger partial charge on any atom is 0.263 e. The number of halogens is 1. The lowest BCUT2D eigenvalue weighted by Gasteiger charge is -2.04. The number of aryl methyl sites for hydroxylation is 1. The van der Waals surface area contributed by atoms with Gasteiger partial charge in [0, 0.05) is 10.8 Å². The Balaban J connectivity index is 1.87. The van der Waals surface area contributed by atoms with Crippen molar-refractivity contribution in [2.45, 2.75) is 30.4 Å². The number of aromatic nitrogens is 3. The predicted octanol–water partition coefficient (Wildman–Crippen LogP) is 4.91. The number of carbonyl (C=O) groups excluding carboxylic acids is 1. The minimum Gasteiger partial charge on any atom is -0.360 e. The quantitative estimate of drug-likeness (QED) is 0.489. The van der Waals surface area contributed by atoms with E-state index in [1.54, 1.807) is 30.8 Å². The molecule has 1 N–H and O–H groups in total. The minimum atomic E-state index is -0.356. The average Bonchev–Trinajstić information content (AvgIpc) is 3.13. The topological polar surface area (TPSA) is 80.9 Å². The number of carbonyl (C=O) groups is 1. The monoisotopic (exact) mass is 394 g/mol. The molecular weight excluding hydrogens is 380 g/mol. The molecule has 0 saturated carbocycles. The molecule has 9 heteroatoms. The van der Waals surface area contributed by atoms with Crippen LogP contribution in [0, 0.1) is 6.92 Å². The van der Waals surface area contributed by atoms with Crippen molar-refractivity contribution in [3.63, 3.8) is 0 Å². The van der Waals surface area contributed by atoms with Crippen molar-refractivity contribution in [3.05, 3.63) is 40.6 Å². The summed E-state index contributed by atoms with van der Waals surface area (Å²) in [5, 5.41) is 16.1. The maximum atomic E-state index is 12.7. The van der Waals surface area contributed by atoms with Crippen LogP contribution in [0.5, 0.6) is 0 Å². The summed E-state index contributed by atoms with van der Waals surface area (Å²) >= 11 is 9.14. The number of nitrogens with one attached hydrogen (secondary N) is 1. The molecule has 2 aromatic heterocycles. The zero-order chi connectivity index (χ0) is 18.0. The third kappa shape index (κ3) is 4.02. The van der Waals surface area contributed by atoms with Crippen molar-refractivity contribution >= 4 is 45.7 Å². The number of thioether (sulfide) groups is 1. The first kappa shape index (κ1) is 17.9.